The summed E-state index contributed by atoms with van der Waals surface area (Å²) in [6, 6.07) is 12.0. The fourth-order valence-electron chi connectivity index (χ4n) is 4.49. The number of hydrogen-bond acceptors (Lipinski definition) is 4. The Hall–Kier alpha value is -3.54. The zero-order chi connectivity index (χ0) is 23.4. The van der Waals surface area contributed by atoms with Crippen molar-refractivity contribution in [3.05, 3.63) is 81.2 Å². The molecule has 2 aromatic carbocycles. The van der Waals surface area contributed by atoms with Gasteiger partial charge in [-0.25, -0.2) is 0 Å². The van der Waals surface area contributed by atoms with Crippen molar-refractivity contribution in [3.8, 4) is 0 Å². The molecule has 0 fully saturated rings. The average molecular weight is 431 g/mol. The molecular formula is C26H30N4O2. The number of rotatable bonds is 8. The molecule has 0 aliphatic carbocycles. The molecule has 0 unspecified atom stereocenters. The molecule has 0 bridgehead atoms. The van der Waals surface area contributed by atoms with E-state index < -0.39 is 0 Å². The van der Waals surface area contributed by atoms with Crippen molar-refractivity contribution in [2.75, 3.05) is 9.80 Å². The first kappa shape index (κ1) is 23.1. The summed E-state index contributed by atoms with van der Waals surface area (Å²) in [7, 11) is 0. The second-order valence-electron chi connectivity index (χ2n) is 8.48. The largest absolute Gasteiger partial charge is 0.308 e. The lowest BCUT2D eigenvalue weighted by molar-refractivity contribution is -0.108. The van der Waals surface area contributed by atoms with E-state index in [0.29, 0.717) is 24.5 Å². The van der Waals surface area contributed by atoms with Crippen molar-refractivity contribution in [2.24, 2.45) is 0 Å². The van der Waals surface area contributed by atoms with Crippen molar-refractivity contribution in [3.63, 3.8) is 0 Å². The van der Waals surface area contributed by atoms with Crippen LogP contribution in [0.5, 0.6) is 0 Å². The maximum absolute atomic E-state index is 11.8. The highest BCUT2D eigenvalue weighted by Crippen LogP contribution is 2.28. The number of carbonyl (C=O) groups excluding carboxylic acids is 2. The maximum atomic E-state index is 11.8. The first-order chi connectivity index (χ1) is 15.2. The maximum Gasteiger partial charge on any atom is 0.214 e. The summed E-state index contributed by atoms with van der Waals surface area (Å²) in [5.41, 5.74) is 9.67. The van der Waals surface area contributed by atoms with Gasteiger partial charge < -0.3 is 9.80 Å². The van der Waals surface area contributed by atoms with Crippen LogP contribution in [0.15, 0.2) is 36.4 Å². The molecule has 6 nitrogen and oxygen atoms in total. The molecule has 0 N–H and O–H groups in total. The van der Waals surface area contributed by atoms with E-state index in [1.807, 2.05) is 53.7 Å². The Kier molecular flexibility index (Phi) is 7.03. The van der Waals surface area contributed by atoms with Crippen LogP contribution in [-0.2, 0) is 22.7 Å². The van der Waals surface area contributed by atoms with E-state index in [0.717, 1.165) is 57.6 Å². The van der Waals surface area contributed by atoms with Crippen LogP contribution < -0.4 is 9.80 Å². The minimum Gasteiger partial charge on any atom is -0.308 e. The van der Waals surface area contributed by atoms with Crippen LogP contribution in [0.3, 0.4) is 0 Å². The van der Waals surface area contributed by atoms with Crippen molar-refractivity contribution >= 4 is 24.2 Å². The summed E-state index contributed by atoms with van der Waals surface area (Å²) in [5.74, 6) is 0. The van der Waals surface area contributed by atoms with Crippen molar-refractivity contribution in [2.45, 2.75) is 54.6 Å². The van der Waals surface area contributed by atoms with Gasteiger partial charge in [0.2, 0.25) is 12.8 Å². The predicted octanol–water partition coefficient (Wildman–Crippen LogP) is 4.65. The summed E-state index contributed by atoms with van der Waals surface area (Å²) in [6.45, 7) is 12.8. The Balaban J connectivity index is 1.79. The number of amides is 2. The third kappa shape index (κ3) is 5.02. The highest BCUT2D eigenvalue weighted by Gasteiger charge is 2.16. The monoisotopic (exact) mass is 430 g/mol. The minimum atomic E-state index is 0.328. The quantitative estimate of drug-likeness (QED) is 0.488. The molecule has 0 aliphatic rings. The molecule has 1 heterocycles. The average Bonchev–Trinajstić information content (AvgIpc) is 2.72. The number of anilines is 2. The number of aromatic nitrogens is 2. The molecule has 0 radical (unpaired) electrons. The Morgan fingerprint density at radius 3 is 1.19 bits per heavy atom. The second-order valence-corrected chi connectivity index (χ2v) is 8.48. The van der Waals surface area contributed by atoms with Crippen LogP contribution in [0.1, 0.15) is 44.8 Å². The molecule has 3 rings (SSSR count). The summed E-state index contributed by atoms with van der Waals surface area (Å²) in [6.07, 6.45) is 1.66. The Morgan fingerprint density at radius 1 is 0.625 bits per heavy atom. The Bertz CT molecular complexity index is 1000. The number of aryl methyl sites for hydroxylation is 6. The molecule has 6 heteroatoms. The summed E-state index contributed by atoms with van der Waals surface area (Å²) >= 11 is 0. The molecular weight excluding hydrogens is 400 g/mol. The summed E-state index contributed by atoms with van der Waals surface area (Å²) < 4.78 is 0. The van der Waals surface area contributed by atoms with Gasteiger partial charge in [-0.1, -0.05) is 35.4 Å². The van der Waals surface area contributed by atoms with Gasteiger partial charge in [-0.3, -0.25) is 9.59 Å². The highest BCUT2D eigenvalue weighted by molar-refractivity contribution is 5.80. The molecule has 3 aromatic rings. The fourth-order valence-corrected chi connectivity index (χ4v) is 4.49. The van der Waals surface area contributed by atoms with Gasteiger partial charge in [0.1, 0.15) is 0 Å². The van der Waals surface area contributed by atoms with Crippen molar-refractivity contribution < 1.29 is 9.59 Å². The van der Waals surface area contributed by atoms with Gasteiger partial charge in [0.15, 0.2) is 0 Å². The molecule has 0 spiro atoms. The Morgan fingerprint density at radius 2 is 0.938 bits per heavy atom. The predicted molar refractivity (Wildman–Crippen MR) is 128 cm³/mol. The van der Waals surface area contributed by atoms with Gasteiger partial charge in [0, 0.05) is 11.4 Å². The zero-order valence-electron chi connectivity index (χ0n) is 19.6. The van der Waals surface area contributed by atoms with Gasteiger partial charge in [-0.2, -0.15) is 10.2 Å². The molecule has 1 aromatic heterocycles. The van der Waals surface area contributed by atoms with E-state index >= 15 is 0 Å². The van der Waals surface area contributed by atoms with Crippen LogP contribution in [0.4, 0.5) is 11.4 Å². The molecule has 166 valence electrons. The first-order valence-corrected chi connectivity index (χ1v) is 10.6. The molecule has 0 atom stereocenters. The summed E-state index contributed by atoms with van der Waals surface area (Å²) in [5, 5.41) is 8.63. The van der Waals surface area contributed by atoms with E-state index in [-0.39, 0.29) is 0 Å². The van der Waals surface area contributed by atoms with Crippen LogP contribution in [0.2, 0.25) is 0 Å². The number of hydrogen-bond donors (Lipinski definition) is 0. The fraction of sp³-hybridized carbons (Fsp3) is 0.308. The minimum absolute atomic E-state index is 0.328. The highest BCUT2D eigenvalue weighted by atomic mass is 16.1. The van der Waals surface area contributed by atoms with Gasteiger partial charge in [-0.15, -0.1) is 0 Å². The third-order valence-electron chi connectivity index (χ3n) is 5.54. The topological polar surface area (TPSA) is 66.4 Å². The van der Waals surface area contributed by atoms with Gasteiger partial charge >= 0.3 is 0 Å². The molecule has 0 aliphatic heterocycles. The second kappa shape index (κ2) is 9.73. The smallest absolute Gasteiger partial charge is 0.214 e. The van der Waals surface area contributed by atoms with Crippen molar-refractivity contribution in [1.29, 1.82) is 0 Å². The zero-order valence-corrected chi connectivity index (χ0v) is 19.6. The van der Waals surface area contributed by atoms with Gasteiger partial charge in [0.05, 0.1) is 24.5 Å². The SMILES string of the molecule is Cc1cc(C)c(N(C=O)Cc2ccc(CN(C=O)c3c(C)cc(C)cc3C)nn2)c(C)c1. The third-order valence-corrected chi connectivity index (χ3v) is 5.54. The van der Waals surface area contributed by atoms with E-state index in [1.54, 1.807) is 9.80 Å². The number of carbonyl (C=O) groups is 2. The van der Waals surface area contributed by atoms with Crippen molar-refractivity contribution in [1.82, 2.24) is 10.2 Å². The molecule has 0 saturated heterocycles. The lowest BCUT2D eigenvalue weighted by Gasteiger charge is -2.23. The van der Waals surface area contributed by atoms with Crippen LogP contribution >= 0.6 is 0 Å². The van der Waals surface area contributed by atoms with E-state index in [2.05, 4.69) is 34.5 Å². The van der Waals surface area contributed by atoms with Gasteiger partial charge in [-0.05, 0) is 75.9 Å². The van der Waals surface area contributed by atoms with E-state index in [9.17, 15) is 9.59 Å². The number of nitrogens with zero attached hydrogens (tertiary/aromatic N) is 4. The lowest BCUT2D eigenvalue weighted by atomic mass is 10.0. The number of benzene rings is 2. The van der Waals surface area contributed by atoms with Gasteiger partial charge in [0.25, 0.3) is 0 Å². The lowest BCUT2D eigenvalue weighted by Crippen LogP contribution is -2.25. The van der Waals surface area contributed by atoms with Crippen LogP contribution in [-0.4, -0.2) is 23.0 Å². The molecule has 2 amide bonds. The van der Waals surface area contributed by atoms with E-state index in [1.165, 1.54) is 0 Å². The Labute approximate surface area is 189 Å². The van der Waals surface area contributed by atoms with E-state index in [4.69, 9.17) is 0 Å². The molecule has 32 heavy (non-hydrogen) atoms. The molecule has 0 saturated carbocycles. The normalized spacial score (nSPS) is 10.7. The summed E-state index contributed by atoms with van der Waals surface area (Å²) in [4.78, 5) is 27.0. The van der Waals surface area contributed by atoms with Crippen LogP contribution in [0, 0.1) is 41.5 Å². The standard InChI is InChI=1S/C26H30N4O2/c1-17-9-19(3)25(20(4)10-17)29(15-31)13-23-7-8-24(28-27-23)14-30(16-32)26-21(5)11-18(2)12-22(26)6/h7-12,15-16H,13-14H2,1-6H3. The first-order valence-electron chi connectivity index (χ1n) is 10.6. The van der Waals surface area contributed by atoms with Crippen LogP contribution in [0.25, 0.3) is 0 Å².